The van der Waals surface area contributed by atoms with Crippen molar-refractivity contribution in [3.63, 3.8) is 0 Å². The molecule has 3 aromatic rings. The number of hydrogen-bond donors (Lipinski definition) is 0. The molecule has 0 N–H and O–H groups in total. The molecule has 4 rings (SSSR count). The molecule has 4 nitrogen and oxygen atoms in total. The first-order valence-corrected chi connectivity index (χ1v) is 10.3. The fourth-order valence-electron chi connectivity index (χ4n) is 3.06. The van der Waals surface area contributed by atoms with E-state index in [9.17, 15) is 4.79 Å². The van der Waals surface area contributed by atoms with Gasteiger partial charge in [0.15, 0.2) is 0 Å². The number of thiophene rings is 1. The second-order valence-electron chi connectivity index (χ2n) is 6.10. The Hall–Kier alpha value is -1.92. The molecule has 2 aromatic heterocycles. The molecule has 3 heterocycles. The third-order valence-corrected chi connectivity index (χ3v) is 6.47. The lowest BCUT2D eigenvalue weighted by Crippen LogP contribution is -2.36. The van der Waals surface area contributed by atoms with Crippen LogP contribution in [0, 0.1) is 0 Å². The van der Waals surface area contributed by atoms with Crippen LogP contribution in [0.4, 0.5) is 0 Å². The molecule has 0 saturated carbocycles. The number of nitrogens with zero attached hydrogens (tertiary/aromatic N) is 3. The van der Waals surface area contributed by atoms with Crippen molar-refractivity contribution >= 4 is 39.2 Å². The molecule has 128 valence electrons. The highest BCUT2D eigenvalue weighted by Gasteiger charge is 2.18. The quantitative estimate of drug-likeness (QED) is 0.503. The largest absolute Gasteiger partial charge is 0.342 e. The van der Waals surface area contributed by atoms with Gasteiger partial charge < -0.3 is 4.90 Å². The molecule has 1 aliphatic rings. The topological polar surface area (TPSA) is 46.1 Å². The molecular weight excluding hydrogens is 350 g/mol. The van der Waals surface area contributed by atoms with Crippen LogP contribution in [-0.2, 0) is 4.79 Å². The first-order chi connectivity index (χ1) is 12.3. The van der Waals surface area contributed by atoms with Crippen molar-refractivity contribution in [3.8, 4) is 10.4 Å². The number of carbonyl (C=O) groups excluding carboxylic acids is 1. The smallest absolute Gasteiger partial charge is 0.232 e. The van der Waals surface area contributed by atoms with Crippen molar-refractivity contribution in [2.75, 3.05) is 18.8 Å². The maximum Gasteiger partial charge on any atom is 0.232 e. The monoisotopic (exact) mass is 369 g/mol. The highest BCUT2D eigenvalue weighted by atomic mass is 32.2. The van der Waals surface area contributed by atoms with Gasteiger partial charge in [0, 0.05) is 23.4 Å². The van der Waals surface area contributed by atoms with Crippen LogP contribution < -0.4 is 0 Å². The zero-order chi connectivity index (χ0) is 17.1. The summed E-state index contributed by atoms with van der Waals surface area (Å²) in [5.74, 6) is 0.665. The fourth-order valence-corrected chi connectivity index (χ4v) is 5.00. The Morgan fingerprint density at radius 1 is 1.12 bits per heavy atom. The van der Waals surface area contributed by atoms with E-state index >= 15 is 0 Å². The number of likely N-dealkylation sites (tertiary alicyclic amines) is 1. The highest BCUT2D eigenvalue weighted by Crippen LogP contribution is 2.36. The van der Waals surface area contributed by atoms with Crippen molar-refractivity contribution in [1.82, 2.24) is 14.9 Å². The van der Waals surface area contributed by atoms with Crippen molar-refractivity contribution < 1.29 is 4.79 Å². The molecule has 1 aliphatic heterocycles. The molecule has 0 unspecified atom stereocenters. The first-order valence-electron chi connectivity index (χ1n) is 8.52. The van der Waals surface area contributed by atoms with Gasteiger partial charge >= 0.3 is 0 Å². The predicted molar refractivity (Wildman–Crippen MR) is 104 cm³/mol. The zero-order valence-corrected chi connectivity index (χ0v) is 15.5. The summed E-state index contributed by atoms with van der Waals surface area (Å²) < 4.78 is 0. The second-order valence-corrected chi connectivity index (χ2v) is 8.10. The maximum absolute atomic E-state index is 12.4. The number of rotatable bonds is 4. The van der Waals surface area contributed by atoms with E-state index in [1.807, 2.05) is 23.1 Å². The van der Waals surface area contributed by atoms with E-state index in [1.165, 1.54) is 28.6 Å². The molecular formula is C19H19N3OS2. The lowest BCUT2D eigenvalue weighted by molar-refractivity contribution is -0.129. The molecule has 0 aliphatic carbocycles. The number of aromatic nitrogens is 2. The van der Waals surface area contributed by atoms with E-state index in [0.717, 1.165) is 41.2 Å². The van der Waals surface area contributed by atoms with E-state index in [4.69, 9.17) is 0 Å². The number of fused-ring (bicyclic) bond motifs is 1. The normalized spacial score (nSPS) is 14.8. The molecule has 0 radical (unpaired) electrons. The van der Waals surface area contributed by atoms with E-state index in [-0.39, 0.29) is 5.91 Å². The van der Waals surface area contributed by atoms with Crippen LogP contribution in [0.25, 0.3) is 20.7 Å². The minimum absolute atomic E-state index is 0.218. The van der Waals surface area contributed by atoms with Gasteiger partial charge in [0.2, 0.25) is 5.91 Å². The van der Waals surface area contributed by atoms with Crippen LogP contribution in [0.1, 0.15) is 19.3 Å². The number of carbonyl (C=O) groups is 1. The maximum atomic E-state index is 12.4. The SMILES string of the molecule is O=C(CSc1ncnc2sc(-c3ccccc3)cc12)N1CCCCC1. The van der Waals surface area contributed by atoms with Gasteiger partial charge in [-0.15, -0.1) is 11.3 Å². The third-order valence-electron chi connectivity index (χ3n) is 4.39. The molecule has 0 spiro atoms. The van der Waals surface area contributed by atoms with Crippen molar-refractivity contribution in [2.24, 2.45) is 0 Å². The van der Waals surface area contributed by atoms with Gasteiger partial charge in [-0.05, 0) is 30.9 Å². The summed E-state index contributed by atoms with van der Waals surface area (Å²) >= 11 is 3.19. The van der Waals surface area contributed by atoms with Gasteiger partial charge in [0.25, 0.3) is 0 Å². The van der Waals surface area contributed by atoms with Crippen LogP contribution in [0.5, 0.6) is 0 Å². The number of piperidine rings is 1. The number of benzene rings is 1. The Morgan fingerprint density at radius 3 is 2.72 bits per heavy atom. The summed E-state index contributed by atoms with van der Waals surface area (Å²) in [6.07, 6.45) is 5.08. The third kappa shape index (κ3) is 3.70. The molecule has 25 heavy (non-hydrogen) atoms. The van der Waals surface area contributed by atoms with Gasteiger partial charge in [0.05, 0.1) is 5.75 Å². The summed E-state index contributed by atoms with van der Waals surface area (Å²) in [6, 6.07) is 12.4. The molecule has 1 aromatic carbocycles. The summed E-state index contributed by atoms with van der Waals surface area (Å²) in [4.78, 5) is 25.4. The van der Waals surface area contributed by atoms with Crippen molar-refractivity contribution in [3.05, 3.63) is 42.7 Å². The lowest BCUT2D eigenvalue weighted by Gasteiger charge is -2.26. The van der Waals surface area contributed by atoms with Gasteiger partial charge in [0.1, 0.15) is 16.2 Å². The molecule has 6 heteroatoms. The molecule has 1 saturated heterocycles. The summed E-state index contributed by atoms with van der Waals surface area (Å²) in [6.45, 7) is 1.80. The minimum atomic E-state index is 0.218. The molecule has 1 amide bonds. The van der Waals surface area contributed by atoms with Crippen LogP contribution in [0.3, 0.4) is 0 Å². The van der Waals surface area contributed by atoms with Gasteiger partial charge in [-0.25, -0.2) is 9.97 Å². The van der Waals surface area contributed by atoms with Gasteiger partial charge in [-0.3, -0.25) is 4.79 Å². The number of amides is 1. The number of thioether (sulfide) groups is 1. The van der Waals surface area contributed by atoms with Gasteiger partial charge in [-0.2, -0.15) is 0 Å². The molecule has 1 fully saturated rings. The van der Waals surface area contributed by atoms with Crippen molar-refractivity contribution in [1.29, 1.82) is 0 Å². The Balaban J connectivity index is 1.53. The first kappa shape index (κ1) is 16.5. The molecule has 0 bridgehead atoms. The summed E-state index contributed by atoms with van der Waals surface area (Å²) in [7, 11) is 0. The van der Waals surface area contributed by atoms with Crippen molar-refractivity contribution in [2.45, 2.75) is 24.3 Å². The summed E-state index contributed by atoms with van der Waals surface area (Å²) in [5.41, 5.74) is 1.19. The zero-order valence-electron chi connectivity index (χ0n) is 13.9. The van der Waals surface area contributed by atoms with E-state index in [2.05, 4.69) is 28.2 Å². The Morgan fingerprint density at radius 2 is 1.92 bits per heavy atom. The average Bonchev–Trinajstić information content (AvgIpc) is 3.12. The minimum Gasteiger partial charge on any atom is -0.342 e. The van der Waals surface area contributed by atoms with Gasteiger partial charge in [-0.1, -0.05) is 42.1 Å². The summed E-state index contributed by atoms with van der Waals surface area (Å²) in [5, 5.41) is 1.94. The average molecular weight is 370 g/mol. The predicted octanol–water partition coefficient (Wildman–Crippen LogP) is 4.46. The Kier molecular flexibility index (Phi) is 4.99. The van der Waals surface area contributed by atoms with Crippen LogP contribution in [0.2, 0.25) is 0 Å². The Labute approximate surface area is 155 Å². The standard InChI is InChI=1S/C19H19N3OS2/c23-17(22-9-5-2-6-10-22)12-24-18-15-11-16(14-7-3-1-4-8-14)25-19(15)21-13-20-18/h1,3-4,7-8,11,13H,2,5-6,9-10,12H2. The Bertz CT molecular complexity index is 873. The van der Waals surface area contributed by atoms with Crippen LogP contribution in [0.15, 0.2) is 47.8 Å². The van der Waals surface area contributed by atoms with Crippen LogP contribution >= 0.6 is 23.1 Å². The second kappa shape index (κ2) is 7.54. The number of hydrogen-bond acceptors (Lipinski definition) is 5. The lowest BCUT2D eigenvalue weighted by atomic mass is 10.1. The van der Waals surface area contributed by atoms with E-state index < -0.39 is 0 Å². The van der Waals surface area contributed by atoms with Crippen LogP contribution in [-0.4, -0.2) is 39.6 Å². The van der Waals surface area contributed by atoms with E-state index in [0.29, 0.717) is 5.75 Å². The van der Waals surface area contributed by atoms with E-state index in [1.54, 1.807) is 17.7 Å². The fraction of sp³-hybridized carbons (Fsp3) is 0.316. The highest BCUT2D eigenvalue weighted by molar-refractivity contribution is 8.00. The molecule has 0 atom stereocenters.